The molecule has 0 bridgehead atoms. The molecule has 0 unspecified atom stereocenters. The molecule has 0 radical (unpaired) electrons. The van der Waals surface area contributed by atoms with Gasteiger partial charge in [0, 0.05) is 16.3 Å². The van der Waals surface area contributed by atoms with Gasteiger partial charge in [0.2, 0.25) is 0 Å². The van der Waals surface area contributed by atoms with Gasteiger partial charge in [0.1, 0.15) is 11.3 Å². The molecule has 0 fully saturated rings. The maximum atomic E-state index is 11.9. The number of hydrogen-bond acceptors (Lipinski definition) is 3. The van der Waals surface area contributed by atoms with Crippen molar-refractivity contribution in [2.45, 2.75) is 27.2 Å². The van der Waals surface area contributed by atoms with Crippen molar-refractivity contribution in [3.63, 3.8) is 0 Å². The number of benzene rings is 2. The van der Waals surface area contributed by atoms with Gasteiger partial charge in [0.15, 0.2) is 5.76 Å². The smallest absolute Gasteiger partial charge is 0.336 e. The molecule has 2 aromatic carbocycles. The van der Waals surface area contributed by atoms with Gasteiger partial charge in [-0.25, -0.2) is 9.78 Å². The molecule has 0 aliphatic heterocycles. The second-order valence-electron chi connectivity index (χ2n) is 6.54. The molecule has 4 rings (SSSR count). The second-order valence-corrected chi connectivity index (χ2v) is 6.54. The lowest BCUT2D eigenvalue weighted by Gasteiger charge is -2.11. The number of aromatic nitrogens is 1. The first kappa shape index (κ1) is 16.3. The first-order valence-corrected chi connectivity index (χ1v) is 8.66. The largest absolute Gasteiger partial charge is 0.478 e. The molecule has 0 amide bonds. The average molecular weight is 345 g/mol. The predicted octanol–water partition coefficient (Wildman–Crippen LogP) is 5.53. The Labute approximate surface area is 151 Å². The van der Waals surface area contributed by atoms with Crippen molar-refractivity contribution >= 4 is 27.8 Å². The molecule has 2 heterocycles. The number of aromatic carboxylic acids is 1. The normalized spacial score (nSPS) is 11.3. The quantitative estimate of drug-likeness (QED) is 0.530. The van der Waals surface area contributed by atoms with Crippen LogP contribution in [-0.2, 0) is 6.42 Å². The van der Waals surface area contributed by atoms with Gasteiger partial charge in [0.05, 0.1) is 11.1 Å². The Morgan fingerprint density at radius 2 is 1.85 bits per heavy atom. The third kappa shape index (κ3) is 2.37. The van der Waals surface area contributed by atoms with Crippen LogP contribution < -0.4 is 0 Å². The van der Waals surface area contributed by atoms with Crippen molar-refractivity contribution < 1.29 is 14.3 Å². The highest BCUT2D eigenvalue weighted by Crippen LogP contribution is 2.35. The van der Waals surface area contributed by atoms with E-state index in [2.05, 4.69) is 6.92 Å². The lowest BCUT2D eigenvalue weighted by atomic mass is 9.98. The van der Waals surface area contributed by atoms with Crippen LogP contribution in [0.5, 0.6) is 0 Å². The molecule has 0 saturated heterocycles. The van der Waals surface area contributed by atoms with Gasteiger partial charge in [-0.05, 0) is 43.5 Å². The Hall–Kier alpha value is -3.14. The molecule has 4 aromatic rings. The van der Waals surface area contributed by atoms with Crippen LogP contribution in [0.3, 0.4) is 0 Å². The zero-order valence-corrected chi connectivity index (χ0v) is 15.0. The van der Waals surface area contributed by atoms with Gasteiger partial charge in [-0.3, -0.25) is 0 Å². The summed E-state index contributed by atoms with van der Waals surface area (Å²) in [5.41, 5.74) is 5.23. The first-order valence-electron chi connectivity index (χ1n) is 8.66. The van der Waals surface area contributed by atoms with Crippen molar-refractivity contribution in [1.82, 2.24) is 4.98 Å². The highest BCUT2D eigenvalue weighted by molar-refractivity contribution is 6.06. The predicted molar refractivity (Wildman–Crippen MR) is 103 cm³/mol. The van der Waals surface area contributed by atoms with E-state index in [-0.39, 0.29) is 5.56 Å². The third-order valence-corrected chi connectivity index (χ3v) is 4.89. The van der Waals surface area contributed by atoms with Crippen molar-refractivity contribution in [2.75, 3.05) is 0 Å². The van der Waals surface area contributed by atoms with Gasteiger partial charge in [-0.1, -0.05) is 37.3 Å². The maximum Gasteiger partial charge on any atom is 0.336 e. The number of aryl methyl sites for hydroxylation is 3. The summed E-state index contributed by atoms with van der Waals surface area (Å²) in [5, 5.41) is 11.5. The van der Waals surface area contributed by atoms with Crippen molar-refractivity contribution in [2.24, 2.45) is 0 Å². The van der Waals surface area contributed by atoms with E-state index in [4.69, 9.17) is 9.40 Å². The van der Waals surface area contributed by atoms with Gasteiger partial charge in [0.25, 0.3) is 0 Å². The van der Waals surface area contributed by atoms with Crippen LogP contribution in [0.4, 0.5) is 0 Å². The number of furan rings is 1. The maximum absolute atomic E-state index is 11.9. The molecular weight excluding hydrogens is 326 g/mol. The summed E-state index contributed by atoms with van der Waals surface area (Å²) in [7, 11) is 0. The number of fused-ring (bicyclic) bond motifs is 2. The number of rotatable bonds is 3. The molecule has 2 aromatic heterocycles. The molecule has 0 aliphatic rings. The molecule has 0 spiro atoms. The van der Waals surface area contributed by atoms with E-state index in [1.807, 2.05) is 50.2 Å². The topological polar surface area (TPSA) is 63.3 Å². The number of nitrogens with zero attached hydrogens (tertiary/aromatic N) is 1. The molecule has 1 N–H and O–H groups in total. The minimum Gasteiger partial charge on any atom is -0.478 e. The summed E-state index contributed by atoms with van der Waals surface area (Å²) in [6, 6.07) is 13.4. The van der Waals surface area contributed by atoms with E-state index >= 15 is 0 Å². The molecule has 0 saturated carbocycles. The second kappa shape index (κ2) is 5.99. The fourth-order valence-electron chi connectivity index (χ4n) is 3.58. The van der Waals surface area contributed by atoms with Gasteiger partial charge in [-0.15, -0.1) is 0 Å². The zero-order valence-electron chi connectivity index (χ0n) is 15.0. The van der Waals surface area contributed by atoms with E-state index in [0.29, 0.717) is 22.4 Å². The minimum absolute atomic E-state index is 0.258. The molecule has 4 heteroatoms. The fourth-order valence-corrected chi connectivity index (χ4v) is 3.58. The van der Waals surface area contributed by atoms with Crippen LogP contribution in [0.25, 0.3) is 33.3 Å². The van der Waals surface area contributed by atoms with E-state index < -0.39 is 5.97 Å². The standard InChI is InChI=1S/C22H19NO3/c1-4-14-15-7-5-6-8-18(15)26-21(14)17-11-16(22(24)25)19-12(2)9-10-13(3)20(19)23-17/h5-11H,4H2,1-3H3,(H,24,25). The molecular formula is C22H19NO3. The Kier molecular flexibility index (Phi) is 3.76. The highest BCUT2D eigenvalue weighted by atomic mass is 16.4. The van der Waals surface area contributed by atoms with Crippen LogP contribution in [-0.4, -0.2) is 16.1 Å². The Morgan fingerprint density at radius 3 is 2.58 bits per heavy atom. The van der Waals surface area contributed by atoms with Crippen LogP contribution >= 0.6 is 0 Å². The van der Waals surface area contributed by atoms with Gasteiger partial charge in [-0.2, -0.15) is 0 Å². The number of carboxylic acids is 1. The summed E-state index contributed by atoms with van der Waals surface area (Å²) in [4.78, 5) is 16.7. The minimum atomic E-state index is -0.957. The summed E-state index contributed by atoms with van der Waals surface area (Å²) in [6.07, 6.45) is 0.779. The number of carboxylic acid groups (broad SMARTS) is 1. The Bertz CT molecular complexity index is 1170. The lowest BCUT2D eigenvalue weighted by Crippen LogP contribution is -2.03. The Morgan fingerprint density at radius 1 is 1.12 bits per heavy atom. The SMILES string of the molecule is CCc1c(-c2cc(C(=O)O)c3c(C)ccc(C)c3n2)oc2ccccc12. The summed E-state index contributed by atoms with van der Waals surface area (Å²) < 4.78 is 6.07. The first-order chi connectivity index (χ1) is 12.5. The number of carbonyl (C=O) groups is 1. The summed E-state index contributed by atoms with van der Waals surface area (Å²) in [5.74, 6) is -0.305. The molecule has 0 aliphatic carbocycles. The monoisotopic (exact) mass is 345 g/mol. The summed E-state index contributed by atoms with van der Waals surface area (Å²) in [6.45, 7) is 5.92. The average Bonchev–Trinajstić information content (AvgIpc) is 3.02. The van der Waals surface area contributed by atoms with E-state index in [0.717, 1.165) is 34.1 Å². The Balaban J connectivity index is 2.11. The zero-order chi connectivity index (χ0) is 18.4. The molecule has 0 atom stereocenters. The van der Waals surface area contributed by atoms with Gasteiger partial charge >= 0.3 is 5.97 Å². The third-order valence-electron chi connectivity index (χ3n) is 4.89. The number of pyridine rings is 1. The summed E-state index contributed by atoms with van der Waals surface area (Å²) >= 11 is 0. The van der Waals surface area contributed by atoms with Crippen LogP contribution in [0.2, 0.25) is 0 Å². The molecule has 4 nitrogen and oxygen atoms in total. The molecule has 130 valence electrons. The van der Waals surface area contributed by atoms with E-state index in [1.165, 1.54) is 0 Å². The number of para-hydroxylation sites is 1. The van der Waals surface area contributed by atoms with Crippen LogP contribution in [0, 0.1) is 13.8 Å². The highest BCUT2D eigenvalue weighted by Gasteiger charge is 2.20. The molecule has 26 heavy (non-hydrogen) atoms. The van der Waals surface area contributed by atoms with Crippen LogP contribution in [0.15, 0.2) is 46.9 Å². The van der Waals surface area contributed by atoms with Gasteiger partial charge < -0.3 is 9.52 Å². The van der Waals surface area contributed by atoms with Crippen molar-refractivity contribution in [3.8, 4) is 11.5 Å². The van der Waals surface area contributed by atoms with Crippen molar-refractivity contribution in [1.29, 1.82) is 0 Å². The fraction of sp³-hybridized carbons (Fsp3) is 0.182. The van der Waals surface area contributed by atoms with E-state index in [9.17, 15) is 9.90 Å². The van der Waals surface area contributed by atoms with Crippen LogP contribution in [0.1, 0.15) is 34.0 Å². The van der Waals surface area contributed by atoms with Crippen molar-refractivity contribution in [3.05, 3.63) is 64.7 Å². The lowest BCUT2D eigenvalue weighted by molar-refractivity contribution is 0.0699. The number of hydrogen-bond donors (Lipinski definition) is 1. The van der Waals surface area contributed by atoms with E-state index in [1.54, 1.807) is 6.07 Å².